The van der Waals surface area contributed by atoms with E-state index in [1.165, 1.54) is 0 Å². The molecular formula is C6H13N2O+. The largest absolute Gasteiger partial charge is 0.297 e. The highest BCUT2D eigenvalue weighted by molar-refractivity contribution is 5.57. The zero-order chi connectivity index (χ0) is 6.85. The minimum absolute atomic E-state index is 0.188. The van der Waals surface area contributed by atoms with Crippen molar-refractivity contribution in [1.82, 2.24) is 0 Å². The molecule has 9 heavy (non-hydrogen) atoms. The molecule has 3 nitrogen and oxygen atoms in total. The van der Waals surface area contributed by atoms with Crippen LogP contribution in [0.5, 0.6) is 0 Å². The van der Waals surface area contributed by atoms with Gasteiger partial charge in [0.05, 0.1) is 0 Å². The third kappa shape index (κ3) is 1.50. The molecule has 0 spiro atoms. The SMILES string of the molecule is CC(C)[N+]1=C[C@@H](N)OC1. The van der Waals surface area contributed by atoms with Gasteiger partial charge in [-0.25, -0.2) is 4.58 Å². The van der Waals surface area contributed by atoms with Gasteiger partial charge in [-0.3, -0.25) is 10.5 Å². The molecule has 0 fully saturated rings. The lowest BCUT2D eigenvalue weighted by molar-refractivity contribution is -0.576. The Morgan fingerprint density at radius 2 is 2.44 bits per heavy atom. The van der Waals surface area contributed by atoms with Crippen molar-refractivity contribution in [1.29, 1.82) is 0 Å². The summed E-state index contributed by atoms with van der Waals surface area (Å²) in [4.78, 5) is 0. The van der Waals surface area contributed by atoms with Crippen LogP contribution in [0.25, 0.3) is 0 Å². The topological polar surface area (TPSA) is 38.3 Å². The van der Waals surface area contributed by atoms with Crippen molar-refractivity contribution in [3.63, 3.8) is 0 Å². The lowest BCUT2D eigenvalue weighted by atomic mass is 10.4. The summed E-state index contributed by atoms with van der Waals surface area (Å²) in [7, 11) is 0. The van der Waals surface area contributed by atoms with Crippen LogP contribution in [0, 0.1) is 0 Å². The predicted octanol–water partition coefficient (Wildman–Crippen LogP) is -0.249. The molecule has 0 amide bonds. The molecule has 0 bridgehead atoms. The summed E-state index contributed by atoms with van der Waals surface area (Å²) in [6.07, 6.45) is 1.72. The van der Waals surface area contributed by atoms with E-state index in [0.717, 1.165) is 0 Å². The molecule has 1 atom stereocenters. The van der Waals surface area contributed by atoms with Gasteiger partial charge in [-0.2, -0.15) is 0 Å². The summed E-state index contributed by atoms with van der Waals surface area (Å²) in [5, 5.41) is 0. The molecule has 0 aromatic carbocycles. The van der Waals surface area contributed by atoms with Crippen molar-refractivity contribution in [2.45, 2.75) is 26.1 Å². The number of nitrogens with zero attached hydrogens (tertiary/aromatic N) is 1. The lowest BCUT2D eigenvalue weighted by Gasteiger charge is -1.97. The van der Waals surface area contributed by atoms with E-state index in [0.29, 0.717) is 12.8 Å². The maximum atomic E-state index is 5.44. The molecule has 0 saturated carbocycles. The third-order valence-electron chi connectivity index (χ3n) is 1.42. The van der Waals surface area contributed by atoms with Crippen molar-refractivity contribution in [3.8, 4) is 0 Å². The molecule has 0 unspecified atom stereocenters. The van der Waals surface area contributed by atoms with Gasteiger partial charge in [0, 0.05) is 0 Å². The molecule has 0 aliphatic carbocycles. The maximum absolute atomic E-state index is 5.44. The first-order valence-corrected chi connectivity index (χ1v) is 3.18. The van der Waals surface area contributed by atoms with Crippen LogP contribution in [0.4, 0.5) is 0 Å². The maximum Gasteiger partial charge on any atom is 0.249 e. The molecule has 0 aromatic rings. The Hall–Kier alpha value is -0.410. The van der Waals surface area contributed by atoms with E-state index >= 15 is 0 Å². The van der Waals surface area contributed by atoms with Crippen molar-refractivity contribution >= 4 is 6.21 Å². The summed E-state index contributed by atoms with van der Waals surface area (Å²) >= 11 is 0. The number of ether oxygens (including phenoxy) is 1. The van der Waals surface area contributed by atoms with Crippen LogP contribution >= 0.6 is 0 Å². The number of hydrogen-bond acceptors (Lipinski definition) is 2. The molecule has 2 N–H and O–H groups in total. The summed E-state index contributed by atoms with van der Waals surface area (Å²) < 4.78 is 7.15. The van der Waals surface area contributed by atoms with Crippen LogP contribution in [0.1, 0.15) is 13.8 Å². The molecule has 0 aromatic heterocycles. The summed E-state index contributed by atoms with van der Waals surface area (Å²) in [5.41, 5.74) is 5.44. The van der Waals surface area contributed by atoms with E-state index in [-0.39, 0.29) is 6.23 Å². The smallest absolute Gasteiger partial charge is 0.249 e. The van der Waals surface area contributed by atoms with Gasteiger partial charge in [0.1, 0.15) is 6.04 Å². The van der Waals surface area contributed by atoms with Crippen molar-refractivity contribution < 1.29 is 9.31 Å². The van der Waals surface area contributed by atoms with Gasteiger partial charge in [0.15, 0.2) is 12.4 Å². The summed E-state index contributed by atoms with van der Waals surface area (Å²) in [6.45, 7) is 4.86. The summed E-state index contributed by atoms with van der Waals surface area (Å²) in [5.74, 6) is 0. The normalized spacial score (nSPS) is 27.1. The van der Waals surface area contributed by atoms with Crippen LogP contribution in [0.15, 0.2) is 0 Å². The highest BCUT2D eigenvalue weighted by atomic mass is 16.5. The first-order valence-electron chi connectivity index (χ1n) is 3.18. The molecule has 0 radical (unpaired) electrons. The Kier molecular flexibility index (Phi) is 1.83. The minimum atomic E-state index is -0.188. The van der Waals surface area contributed by atoms with Crippen LogP contribution < -0.4 is 5.73 Å². The van der Waals surface area contributed by atoms with Crippen molar-refractivity contribution in [2.24, 2.45) is 5.73 Å². The Bertz CT molecular complexity index is 131. The van der Waals surface area contributed by atoms with E-state index < -0.39 is 0 Å². The minimum Gasteiger partial charge on any atom is -0.297 e. The number of nitrogens with two attached hydrogens (primary N) is 1. The number of hydrogen-bond donors (Lipinski definition) is 1. The third-order valence-corrected chi connectivity index (χ3v) is 1.42. The number of rotatable bonds is 1. The first kappa shape index (κ1) is 6.71. The van der Waals surface area contributed by atoms with E-state index in [4.69, 9.17) is 10.5 Å². The van der Waals surface area contributed by atoms with Gasteiger partial charge >= 0.3 is 0 Å². The molecule has 0 saturated heterocycles. The first-order chi connectivity index (χ1) is 4.20. The Labute approximate surface area is 55.1 Å². The van der Waals surface area contributed by atoms with Crippen molar-refractivity contribution in [2.75, 3.05) is 6.73 Å². The second kappa shape index (κ2) is 2.45. The fraction of sp³-hybridized carbons (Fsp3) is 0.833. The molecule has 3 heteroatoms. The highest BCUT2D eigenvalue weighted by Gasteiger charge is 2.20. The Balaban J connectivity index is 2.52. The van der Waals surface area contributed by atoms with Gasteiger partial charge in [0.2, 0.25) is 6.73 Å². The highest BCUT2D eigenvalue weighted by Crippen LogP contribution is 1.96. The Morgan fingerprint density at radius 1 is 1.78 bits per heavy atom. The molecule has 52 valence electrons. The quantitative estimate of drug-likeness (QED) is 0.496. The van der Waals surface area contributed by atoms with Gasteiger partial charge in [-0.1, -0.05) is 0 Å². The molecule has 1 aliphatic rings. The average molecular weight is 129 g/mol. The van der Waals surface area contributed by atoms with E-state index in [1.54, 1.807) is 0 Å². The molecule has 1 aliphatic heterocycles. The van der Waals surface area contributed by atoms with Gasteiger partial charge in [-0.05, 0) is 13.8 Å². The molecule has 1 heterocycles. The second-order valence-corrected chi connectivity index (χ2v) is 2.52. The standard InChI is InChI=1S/C6H13N2O/c1-5(2)8-3-6(7)9-4-8/h3,5-6H,4,7H2,1-2H3/q+1/t6-/m0/s1. The zero-order valence-electron chi connectivity index (χ0n) is 5.87. The van der Waals surface area contributed by atoms with Crippen LogP contribution in [-0.2, 0) is 4.74 Å². The fourth-order valence-corrected chi connectivity index (χ4v) is 0.768. The average Bonchev–Trinajstić information content (AvgIpc) is 2.14. The van der Waals surface area contributed by atoms with E-state index in [9.17, 15) is 0 Å². The van der Waals surface area contributed by atoms with Crippen LogP contribution in [0.2, 0.25) is 0 Å². The lowest BCUT2D eigenvalue weighted by Crippen LogP contribution is -2.21. The van der Waals surface area contributed by atoms with Crippen molar-refractivity contribution in [3.05, 3.63) is 0 Å². The zero-order valence-corrected chi connectivity index (χ0v) is 5.87. The van der Waals surface area contributed by atoms with Gasteiger partial charge in [0.25, 0.3) is 0 Å². The Morgan fingerprint density at radius 3 is 2.67 bits per heavy atom. The van der Waals surface area contributed by atoms with E-state index in [2.05, 4.69) is 18.4 Å². The van der Waals surface area contributed by atoms with Gasteiger partial charge < -0.3 is 0 Å². The van der Waals surface area contributed by atoms with Gasteiger partial charge in [-0.15, -0.1) is 0 Å². The fourth-order valence-electron chi connectivity index (χ4n) is 0.768. The van der Waals surface area contributed by atoms with Crippen LogP contribution in [0.3, 0.4) is 0 Å². The van der Waals surface area contributed by atoms with Crippen LogP contribution in [-0.4, -0.2) is 29.8 Å². The summed E-state index contributed by atoms with van der Waals surface area (Å²) in [6, 6.07) is 0.499. The monoisotopic (exact) mass is 129 g/mol. The predicted molar refractivity (Wildman–Crippen MR) is 35.4 cm³/mol. The molecular weight excluding hydrogens is 116 g/mol. The molecule has 1 rings (SSSR count). The van der Waals surface area contributed by atoms with E-state index in [1.807, 2.05) is 6.21 Å². The second-order valence-electron chi connectivity index (χ2n) is 2.52.